The van der Waals surface area contributed by atoms with Crippen LogP contribution in [0.25, 0.3) is 0 Å². The van der Waals surface area contributed by atoms with Crippen LogP contribution in [0.3, 0.4) is 0 Å². The zero-order chi connectivity index (χ0) is 12.8. The van der Waals surface area contributed by atoms with Crippen LogP contribution in [-0.4, -0.2) is 18.4 Å². The summed E-state index contributed by atoms with van der Waals surface area (Å²) in [7, 11) is -3.31. The van der Waals surface area contributed by atoms with E-state index in [1.54, 1.807) is 20.8 Å². The van der Waals surface area contributed by atoms with Gasteiger partial charge in [0.15, 0.2) is 0 Å². The Morgan fingerprint density at radius 2 is 2.06 bits per heavy atom. The Balaban J connectivity index is 4.82. The van der Waals surface area contributed by atoms with E-state index in [1.807, 2.05) is 0 Å². The van der Waals surface area contributed by atoms with Crippen molar-refractivity contribution in [3.05, 3.63) is 12.2 Å². The van der Waals surface area contributed by atoms with Crippen LogP contribution in [-0.2, 0) is 13.6 Å². The molecule has 88 valence electrons. The van der Waals surface area contributed by atoms with Gasteiger partial charge >= 0.3 is 7.60 Å². The maximum absolute atomic E-state index is 12.3. The average Bonchev–Trinajstić information content (AvgIpc) is 2.12. The first-order valence-corrected chi connectivity index (χ1v) is 6.47. The molecule has 16 heavy (non-hydrogen) atoms. The molecule has 0 bridgehead atoms. The van der Waals surface area contributed by atoms with E-state index in [0.29, 0.717) is 5.57 Å². The van der Waals surface area contributed by atoms with E-state index in [9.17, 15) is 4.57 Å². The van der Waals surface area contributed by atoms with Crippen LogP contribution in [0.1, 0.15) is 20.8 Å². The van der Waals surface area contributed by atoms with Crippen molar-refractivity contribution in [2.24, 2.45) is 0 Å². The molecule has 4 heteroatoms. The summed E-state index contributed by atoms with van der Waals surface area (Å²) in [5.74, 6) is 4.64. The van der Waals surface area contributed by atoms with Crippen LogP contribution in [0, 0.1) is 24.7 Å². The predicted molar refractivity (Wildman–Crippen MR) is 66.1 cm³/mol. The fourth-order valence-electron chi connectivity index (χ4n) is 0.945. The van der Waals surface area contributed by atoms with Crippen molar-refractivity contribution < 1.29 is 13.6 Å². The SMILES string of the molecule is C#CCOP(=O)(CC(=C)C)OC(C)(C)C#C. The molecule has 0 N–H and O–H groups in total. The molecule has 0 aliphatic carbocycles. The van der Waals surface area contributed by atoms with E-state index in [1.165, 1.54) is 0 Å². The van der Waals surface area contributed by atoms with Gasteiger partial charge in [-0.25, -0.2) is 0 Å². The fraction of sp³-hybridized carbons (Fsp3) is 0.500. The third-order valence-electron chi connectivity index (χ3n) is 1.52. The molecule has 1 atom stereocenters. The zero-order valence-corrected chi connectivity index (χ0v) is 10.8. The van der Waals surface area contributed by atoms with Gasteiger partial charge in [-0.2, -0.15) is 0 Å². The molecule has 0 radical (unpaired) electrons. The van der Waals surface area contributed by atoms with Gasteiger partial charge < -0.3 is 0 Å². The van der Waals surface area contributed by atoms with Crippen LogP contribution < -0.4 is 0 Å². The van der Waals surface area contributed by atoms with Gasteiger partial charge in [-0.3, -0.25) is 13.6 Å². The van der Waals surface area contributed by atoms with Crippen molar-refractivity contribution in [3.63, 3.8) is 0 Å². The molecule has 0 saturated carbocycles. The zero-order valence-electron chi connectivity index (χ0n) is 9.95. The summed E-state index contributed by atoms with van der Waals surface area (Å²) >= 11 is 0. The van der Waals surface area contributed by atoms with Crippen LogP contribution in [0.15, 0.2) is 12.2 Å². The summed E-state index contributed by atoms with van der Waals surface area (Å²) in [6.07, 6.45) is 10.4. The summed E-state index contributed by atoms with van der Waals surface area (Å²) in [4.78, 5) is 0. The first-order chi connectivity index (χ1) is 7.24. The smallest absolute Gasteiger partial charge is 0.295 e. The molecule has 0 saturated heterocycles. The Morgan fingerprint density at radius 1 is 1.50 bits per heavy atom. The lowest BCUT2D eigenvalue weighted by Gasteiger charge is -2.25. The van der Waals surface area contributed by atoms with Crippen LogP contribution >= 0.6 is 7.60 Å². The number of rotatable bonds is 6. The van der Waals surface area contributed by atoms with Crippen molar-refractivity contribution in [2.75, 3.05) is 12.8 Å². The lowest BCUT2D eigenvalue weighted by molar-refractivity contribution is 0.132. The van der Waals surface area contributed by atoms with Crippen LogP contribution in [0.4, 0.5) is 0 Å². The quantitative estimate of drug-likeness (QED) is 0.407. The number of allylic oxidation sites excluding steroid dienone is 1. The summed E-state index contributed by atoms with van der Waals surface area (Å²) in [5.41, 5.74) is -0.271. The van der Waals surface area contributed by atoms with Gasteiger partial charge in [-0.1, -0.05) is 24.0 Å². The molecule has 1 unspecified atom stereocenters. The summed E-state index contributed by atoms with van der Waals surface area (Å²) in [5, 5.41) is 0. The van der Waals surface area contributed by atoms with Crippen molar-refractivity contribution in [2.45, 2.75) is 26.4 Å². The van der Waals surface area contributed by atoms with Gasteiger partial charge in [0, 0.05) is 0 Å². The first-order valence-electron chi connectivity index (χ1n) is 4.74. The summed E-state index contributed by atoms with van der Waals surface area (Å²) in [6, 6.07) is 0. The maximum atomic E-state index is 12.3. The Kier molecular flexibility index (Phi) is 5.56. The molecule has 0 heterocycles. The highest BCUT2D eigenvalue weighted by Crippen LogP contribution is 2.52. The molecule has 0 amide bonds. The molecule has 0 fully saturated rings. The van der Waals surface area contributed by atoms with E-state index >= 15 is 0 Å². The third kappa shape index (κ3) is 5.79. The minimum Gasteiger partial charge on any atom is -0.295 e. The molecular weight excluding hydrogens is 223 g/mol. The minimum absolute atomic E-state index is 0.0782. The van der Waals surface area contributed by atoms with Gasteiger partial charge in [0.2, 0.25) is 0 Å². The largest absolute Gasteiger partial charge is 0.337 e. The normalized spacial score (nSPS) is 14.6. The van der Waals surface area contributed by atoms with Gasteiger partial charge in [-0.05, 0) is 20.8 Å². The van der Waals surface area contributed by atoms with Crippen LogP contribution in [0.2, 0.25) is 0 Å². The predicted octanol–water partition coefficient (Wildman–Crippen LogP) is 2.83. The minimum atomic E-state index is -3.31. The van der Waals surface area contributed by atoms with E-state index in [4.69, 9.17) is 21.9 Å². The molecular formula is C12H17O3P. The standard InChI is InChI=1S/C12H17O3P/c1-7-9-14-16(13,10-11(3)4)15-12(5,6)8-2/h1-2H,3,9-10H2,4-6H3. The second-order valence-corrected chi connectivity index (χ2v) is 5.93. The fourth-order valence-corrected chi connectivity index (χ4v) is 2.83. The monoisotopic (exact) mass is 240 g/mol. The lowest BCUT2D eigenvalue weighted by Crippen LogP contribution is -2.21. The Bertz CT molecular complexity index is 382. The lowest BCUT2D eigenvalue weighted by atomic mass is 10.2. The molecule has 0 spiro atoms. The first kappa shape index (κ1) is 15.0. The van der Waals surface area contributed by atoms with Gasteiger partial charge in [-0.15, -0.1) is 12.8 Å². The molecule has 0 aromatic rings. The number of hydrogen-bond donors (Lipinski definition) is 0. The topological polar surface area (TPSA) is 35.5 Å². The second kappa shape index (κ2) is 5.92. The van der Waals surface area contributed by atoms with Crippen molar-refractivity contribution in [1.29, 1.82) is 0 Å². The van der Waals surface area contributed by atoms with Crippen molar-refractivity contribution >= 4 is 7.60 Å². The summed E-state index contributed by atoms with van der Waals surface area (Å²) < 4.78 is 22.7. The molecule has 3 nitrogen and oxygen atoms in total. The maximum Gasteiger partial charge on any atom is 0.337 e. The third-order valence-corrected chi connectivity index (χ3v) is 3.71. The molecule has 0 aromatic heterocycles. The Hall–Kier alpha value is -0.990. The highest BCUT2D eigenvalue weighted by atomic mass is 31.2. The van der Waals surface area contributed by atoms with E-state index in [0.717, 1.165) is 0 Å². The highest BCUT2D eigenvalue weighted by molar-refractivity contribution is 7.54. The second-order valence-electron chi connectivity index (χ2n) is 3.95. The Labute approximate surface area is 97.8 Å². The van der Waals surface area contributed by atoms with E-state index < -0.39 is 13.2 Å². The van der Waals surface area contributed by atoms with Crippen LogP contribution in [0.5, 0.6) is 0 Å². The summed E-state index contributed by atoms with van der Waals surface area (Å²) in [6.45, 7) is 8.60. The molecule has 0 rings (SSSR count). The van der Waals surface area contributed by atoms with Crippen molar-refractivity contribution in [1.82, 2.24) is 0 Å². The van der Waals surface area contributed by atoms with Gasteiger partial charge in [0.1, 0.15) is 12.2 Å². The molecule has 0 aliphatic rings. The van der Waals surface area contributed by atoms with E-state index in [-0.39, 0.29) is 12.8 Å². The Morgan fingerprint density at radius 3 is 2.44 bits per heavy atom. The number of terminal acetylenes is 2. The number of hydrogen-bond acceptors (Lipinski definition) is 3. The van der Waals surface area contributed by atoms with Crippen molar-refractivity contribution in [3.8, 4) is 24.7 Å². The van der Waals surface area contributed by atoms with E-state index in [2.05, 4.69) is 18.4 Å². The highest BCUT2D eigenvalue weighted by Gasteiger charge is 2.32. The average molecular weight is 240 g/mol. The van der Waals surface area contributed by atoms with Gasteiger partial charge in [0.05, 0.1) is 6.16 Å². The van der Waals surface area contributed by atoms with Gasteiger partial charge in [0.25, 0.3) is 0 Å². The molecule has 0 aromatic carbocycles. The molecule has 0 aliphatic heterocycles.